The zero-order chi connectivity index (χ0) is 55.0. The monoisotopic (exact) mass is 1060 g/mol. The normalized spacial score (nSPS) is 12.3. The lowest BCUT2D eigenvalue weighted by molar-refractivity contribution is -0.167. The topological polar surface area (TPSA) is 78.9 Å². The Kier molecular flexibility index (Phi) is 62.6. The Labute approximate surface area is 473 Å². The predicted molar refractivity (Wildman–Crippen MR) is 330 cm³/mol. The van der Waals surface area contributed by atoms with Gasteiger partial charge in [0.15, 0.2) is 6.10 Å². The van der Waals surface area contributed by atoms with Crippen molar-refractivity contribution in [2.45, 2.75) is 367 Å². The number of carbonyl (C=O) groups excluding carboxylic acids is 3. The fraction of sp³-hybridized carbons (Fsp3) is 0.843. The van der Waals surface area contributed by atoms with Crippen LogP contribution in [0.4, 0.5) is 0 Å². The summed E-state index contributed by atoms with van der Waals surface area (Å²) in [6.07, 6.45) is 81.3. The standard InChI is InChI=1S/C70H128O6/c1-4-7-10-13-16-19-22-24-26-28-30-32-33-34-35-36-37-39-40-42-44-46-48-51-54-57-60-63-69(72)75-66-67(65-74-68(71)62-59-56-53-50-21-18-15-12-9-6-3)76-70(73)64-61-58-55-52-49-47-45-43-41-38-31-29-27-25-23-20-17-14-11-8-5-2/h22,24,28-31,33-34,67H,4-21,23,25-27,32,35-66H2,1-3H3/b24-22-,30-28-,31-29-,34-33-. The Hall–Kier alpha value is -2.63. The number of unbranched alkanes of at least 4 members (excludes halogenated alkanes) is 43. The van der Waals surface area contributed by atoms with Crippen LogP contribution in [0.25, 0.3) is 0 Å². The predicted octanol–water partition coefficient (Wildman–Crippen LogP) is 22.9. The number of hydrogen-bond donors (Lipinski definition) is 0. The molecule has 0 saturated heterocycles. The molecule has 0 spiro atoms. The van der Waals surface area contributed by atoms with E-state index in [1.165, 1.54) is 250 Å². The van der Waals surface area contributed by atoms with Gasteiger partial charge in [-0.15, -0.1) is 0 Å². The van der Waals surface area contributed by atoms with E-state index in [0.717, 1.165) is 70.6 Å². The van der Waals surface area contributed by atoms with Crippen molar-refractivity contribution in [3.63, 3.8) is 0 Å². The maximum Gasteiger partial charge on any atom is 0.306 e. The molecule has 0 aliphatic carbocycles. The van der Waals surface area contributed by atoms with Gasteiger partial charge in [0.2, 0.25) is 0 Å². The summed E-state index contributed by atoms with van der Waals surface area (Å²) >= 11 is 0. The molecule has 1 atom stereocenters. The highest BCUT2D eigenvalue weighted by atomic mass is 16.6. The van der Waals surface area contributed by atoms with Crippen LogP contribution in [-0.4, -0.2) is 37.2 Å². The van der Waals surface area contributed by atoms with Crippen LogP contribution in [-0.2, 0) is 28.6 Å². The second-order valence-electron chi connectivity index (χ2n) is 22.7. The van der Waals surface area contributed by atoms with Gasteiger partial charge in [-0.2, -0.15) is 0 Å². The van der Waals surface area contributed by atoms with Crippen molar-refractivity contribution in [3.8, 4) is 0 Å². The van der Waals surface area contributed by atoms with Gasteiger partial charge in [0.1, 0.15) is 13.2 Å². The highest BCUT2D eigenvalue weighted by Crippen LogP contribution is 2.17. The number of allylic oxidation sites excluding steroid dienone is 8. The summed E-state index contributed by atoms with van der Waals surface area (Å²) in [5.41, 5.74) is 0. The molecule has 0 saturated carbocycles. The second-order valence-corrected chi connectivity index (χ2v) is 22.7. The van der Waals surface area contributed by atoms with E-state index in [1.54, 1.807) is 0 Å². The molecule has 0 aliphatic rings. The third kappa shape index (κ3) is 62.2. The summed E-state index contributed by atoms with van der Waals surface area (Å²) < 4.78 is 16.9. The van der Waals surface area contributed by atoms with Crippen LogP contribution in [0.15, 0.2) is 48.6 Å². The zero-order valence-corrected chi connectivity index (χ0v) is 51.0. The SMILES string of the molecule is CCCCCCC/C=C\C/C=C\C/C=C\CCCCCCCCCCCCCCC(=O)OCC(COC(=O)CCCCCCCCCCCC)OC(=O)CCCCCCCCCCC/C=C\CCCCCCCCCC. The van der Waals surface area contributed by atoms with Crippen molar-refractivity contribution in [3.05, 3.63) is 48.6 Å². The Morgan fingerprint density at radius 3 is 0.750 bits per heavy atom. The van der Waals surface area contributed by atoms with Gasteiger partial charge in [-0.3, -0.25) is 14.4 Å². The first-order valence-corrected chi connectivity index (χ1v) is 33.6. The number of rotatable bonds is 62. The Bertz CT molecular complexity index is 1310. The van der Waals surface area contributed by atoms with Crippen molar-refractivity contribution in [2.24, 2.45) is 0 Å². The summed E-state index contributed by atoms with van der Waals surface area (Å²) in [5.74, 6) is -0.855. The van der Waals surface area contributed by atoms with Crippen LogP contribution in [0.2, 0.25) is 0 Å². The molecule has 0 rings (SSSR count). The van der Waals surface area contributed by atoms with Crippen LogP contribution in [0.1, 0.15) is 361 Å². The molecule has 0 aromatic heterocycles. The van der Waals surface area contributed by atoms with Crippen molar-refractivity contribution in [1.82, 2.24) is 0 Å². The highest BCUT2D eigenvalue weighted by Gasteiger charge is 2.19. The van der Waals surface area contributed by atoms with Gasteiger partial charge in [0.25, 0.3) is 0 Å². The van der Waals surface area contributed by atoms with Crippen LogP contribution < -0.4 is 0 Å². The fourth-order valence-corrected chi connectivity index (χ4v) is 9.98. The lowest BCUT2D eigenvalue weighted by Gasteiger charge is -2.18. The van der Waals surface area contributed by atoms with E-state index >= 15 is 0 Å². The smallest absolute Gasteiger partial charge is 0.306 e. The average molecular weight is 1070 g/mol. The van der Waals surface area contributed by atoms with Gasteiger partial charge in [0.05, 0.1) is 0 Å². The Morgan fingerprint density at radius 1 is 0.263 bits per heavy atom. The first kappa shape index (κ1) is 73.4. The third-order valence-electron chi connectivity index (χ3n) is 15.1. The molecule has 76 heavy (non-hydrogen) atoms. The average Bonchev–Trinajstić information content (AvgIpc) is 3.42. The first-order chi connectivity index (χ1) is 37.5. The van der Waals surface area contributed by atoms with Crippen molar-refractivity contribution in [2.75, 3.05) is 13.2 Å². The molecular formula is C70H128O6. The van der Waals surface area contributed by atoms with E-state index < -0.39 is 6.10 Å². The van der Waals surface area contributed by atoms with Gasteiger partial charge in [-0.25, -0.2) is 0 Å². The minimum atomic E-state index is -0.773. The van der Waals surface area contributed by atoms with Gasteiger partial charge < -0.3 is 14.2 Å². The summed E-state index contributed by atoms with van der Waals surface area (Å²) in [4.78, 5) is 38.3. The van der Waals surface area contributed by atoms with Gasteiger partial charge in [0, 0.05) is 19.3 Å². The zero-order valence-electron chi connectivity index (χ0n) is 51.0. The molecule has 0 N–H and O–H groups in total. The molecule has 0 fully saturated rings. The molecule has 6 nitrogen and oxygen atoms in total. The van der Waals surface area contributed by atoms with Crippen LogP contribution in [0.5, 0.6) is 0 Å². The maximum atomic E-state index is 12.9. The lowest BCUT2D eigenvalue weighted by atomic mass is 10.0. The molecule has 0 aromatic rings. The minimum Gasteiger partial charge on any atom is -0.462 e. The fourth-order valence-electron chi connectivity index (χ4n) is 9.98. The largest absolute Gasteiger partial charge is 0.462 e. The quantitative estimate of drug-likeness (QED) is 0.0261. The summed E-state index contributed by atoms with van der Waals surface area (Å²) in [7, 11) is 0. The van der Waals surface area contributed by atoms with Crippen LogP contribution in [0, 0.1) is 0 Å². The first-order valence-electron chi connectivity index (χ1n) is 33.6. The van der Waals surface area contributed by atoms with E-state index in [0.29, 0.717) is 19.3 Å². The van der Waals surface area contributed by atoms with E-state index in [1.807, 2.05) is 0 Å². The molecular weight excluding hydrogens is 937 g/mol. The van der Waals surface area contributed by atoms with E-state index in [-0.39, 0.29) is 31.1 Å². The summed E-state index contributed by atoms with van der Waals surface area (Å²) in [6, 6.07) is 0. The number of hydrogen-bond acceptors (Lipinski definition) is 6. The number of carbonyl (C=O) groups is 3. The van der Waals surface area contributed by atoms with Crippen molar-refractivity contribution >= 4 is 17.9 Å². The molecule has 1 unspecified atom stereocenters. The number of esters is 3. The van der Waals surface area contributed by atoms with Gasteiger partial charge in [-0.05, 0) is 83.5 Å². The van der Waals surface area contributed by atoms with E-state index in [9.17, 15) is 14.4 Å². The number of ether oxygens (including phenoxy) is 3. The lowest BCUT2D eigenvalue weighted by Crippen LogP contribution is -2.30. The molecule has 0 aliphatic heterocycles. The minimum absolute atomic E-state index is 0.0703. The molecule has 0 radical (unpaired) electrons. The maximum absolute atomic E-state index is 12.9. The van der Waals surface area contributed by atoms with E-state index in [2.05, 4.69) is 69.4 Å². The molecule has 0 bridgehead atoms. The molecule has 444 valence electrons. The molecule has 0 amide bonds. The molecule has 6 heteroatoms. The molecule has 0 heterocycles. The van der Waals surface area contributed by atoms with Crippen LogP contribution in [0.3, 0.4) is 0 Å². The Morgan fingerprint density at radius 2 is 0.474 bits per heavy atom. The summed E-state index contributed by atoms with van der Waals surface area (Å²) in [6.45, 7) is 6.67. The van der Waals surface area contributed by atoms with E-state index in [4.69, 9.17) is 14.2 Å². The van der Waals surface area contributed by atoms with Crippen molar-refractivity contribution < 1.29 is 28.6 Å². The third-order valence-corrected chi connectivity index (χ3v) is 15.1. The van der Waals surface area contributed by atoms with Gasteiger partial charge >= 0.3 is 17.9 Å². The molecule has 0 aromatic carbocycles. The van der Waals surface area contributed by atoms with Gasteiger partial charge in [-0.1, -0.05) is 307 Å². The van der Waals surface area contributed by atoms with Crippen LogP contribution >= 0.6 is 0 Å². The summed E-state index contributed by atoms with van der Waals surface area (Å²) in [5, 5.41) is 0. The highest BCUT2D eigenvalue weighted by molar-refractivity contribution is 5.71. The Balaban J connectivity index is 4.19. The van der Waals surface area contributed by atoms with Crippen molar-refractivity contribution in [1.29, 1.82) is 0 Å². The second kappa shape index (κ2) is 64.9.